The van der Waals surface area contributed by atoms with Crippen molar-refractivity contribution in [1.82, 2.24) is 20.2 Å². The summed E-state index contributed by atoms with van der Waals surface area (Å²) in [6.45, 7) is 3.83. The van der Waals surface area contributed by atoms with Crippen LogP contribution in [0.25, 0.3) is 17.2 Å². The van der Waals surface area contributed by atoms with Crippen molar-refractivity contribution < 1.29 is 9.59 Å². The molecule has 25 heavy (non-hydrogen) atoms. The van der Waals surface area contributed by atoms with Gasteiger partial charge >= 0.3 is 0 Å². The second-order valence-corrected chi connectivity index (χ2v) is 5.66. The highest BCUT2D eigenvalue weighted by molar-refractivity contribution is 7.80. The normalized spacial score (nSPS) is 16.1. The highest BCUT2D eigenvalue weighted by Crippen LogP contribution is 2.20. The van der Waals surface area contributed by atoms with Gasteiger partial charge in [-0.15, -0.1) is 6.58 Å². The Hall–Kier alpha value is -3.19. The minimum atomic E-state index is -0.504. The zero-order valence-corrected chi connectivity index (χ0v) is 14.0. The van der Waals surface area contributed by atoms with Crippen molar-refractivity contribution in [2.24, 2.45) is 0 Å². The quantitative estimate of drug-likeness (QED) is 0.395. The van der Waals surface area contributed by atoms with E-state index in [1.54, 1.807) is 24.5 Å². The van der Waals surface area contributed by atoms with Crippen LogP contribution in [0.4, 0.5) is 0 Å². The van der Waals surface area contributed by atoms with Gasteiger partial charge in [-0.2, -0.15) is 0 Å². The third-order valence-electron chi connectivity index (χ3n) is 3.61. The van der Waals surface area contributed by atoms with Crippen LogP contribution in [0.3, 0.4) is 0 Å². The van der Waals surface area contributed by atoms with Gasteiger partial charge in [-0.1, -0.05) is 30.3 Å². The third-order valence-corrected chi connectivity index (χ3v) is 3.94. The largest absolute Gasteiger partial charge is 0.298 e. The van der Waals surface area contributed by atoms with Crippen molar-refractivity contribution in [3.05, 3.63) is 66.8 Å². The summed E-state index contributed by atoms with van der Waals surface area (Å²) in [7, 11) is 0. The topological polar surface area (TPSA) is 75.2 Å². The van der Waals surface area contributed by atoms with Gasteiger partial charge < -0.3 is 0 Å². The maximum atomic E-state index is 12.5. The molecule has 0 atom stereocenters. The van der Waals surface area contributed by atoms with Gasteiger partial charge in [-0.05, 0) is 29.4 Å². The lowest BCUT2D eigenvalue weighted by Gasteiger charge is -2.27. The molecule has 1 saturated heterocycles. The molecule has 1 aliphatic rings. The van der Waals surface area contributed by atoms with Crippen LogP contribution < -0.4 is 5.32 Å². The second kappa shape index (κ2) is 7.14. The first-order valence-electron chi connectivity index (χ1n) is 7.45. The van der Waals surface area contributed by atoms with Crippen LogP contribution in [0, 0.1) is 0 Å². The average molecular weight is 350 g/mol. The summed E-state index contributed by atoms with van der Waals surface area (Å²) >= 11 is 5.02. The van der Waals surface area contributed by atoms with Crippen LogP contribution in [0.5, 0.6) is 0 Å². The maximum Gasteiger partial charge on any atom is 0.265 e. The van der Waals surface area contributed by atoms with Gasteiger partial charge in [0.05, 0.1) is 0 Å². The van der Waals surface area contributed by atoms with Crippen molar-refractivity contribution in [2.45, 2.75) is 0 Å². The molecular weight excluding hydrogens is 336 g/mol. The molecule has 2 amide bonds. The van der Waals surface area contributed by atoms with E-state index in [0.29, 0.717) is 0 Å². The Morgan fingerprint density at radius 2 is 1.80 bits per heavy atom. The molecular formula is C18H14N4O2S. The fourth-order valence-corrected chi connectivity index (χ4v) is 2.63. The summed E-state index contributed by atoms with van der Waals surface area (Å²) in [5.74, 6) is -0.940. The molecule has 2 aromatic rings. The molecule has 1 fully saturated rings. The number of carbonyl (C=O) groups excluding carboxylic acids is 2. The van der Waals surface area contributed by atoms with E-state index in [9.17, 15) is 9.59 Å². The fourth-order valence-electron chi connectivity index (χ4n) is 2.38. The highest BCUT2D eigenvalue weighted by Gasteiger charge is 2.32. The third kappa shape index (κ3) is 3.51. The van der Waals surface area contributed by atoms with E-state index in [1.165, 1.54) is 11.2 Å². The zero-order valence-electron chi connectivity index (χ0n) is 13.2. The van der Waals surface area contributed by atoms with E-state index < -0.39 is 11.8 Å². The molecule has 0 bridgehead atoms. The Bertz CT molecular complexity index is 876. The summed E-state index contributed by atoms with van der Waals surface area (Å²) in [6.07, 6.45) is 7.99. The first kappa shape index (κ1) is 16.7. The number of hydrogen-bond donors (Lipinski definition) is 1. The van der Waals surface area contributed by atoms with E-state index in [-0.39, 0.29) is 17.2 Å². The van der Waals surface area contributed by atoms with Gasteiger partial charge in [0.1, 0.15) is 11.9 Å². The molecule has 0 saturated carbocycles. The summed E-state index contributed by atoms with van der Waals surface area (Å²) in [5.41, 5.74) is 2.59. The van der Waals surface area contributed by atoms with E-state index in [4.69, 9.17) is 12.2 Å². The highest BCUT2D eigenvalue weighted by atomic mass is 32.1. The predicted octanol–water partition coefficient (Wildman–Crippen LogP) is 1.96. The van der Waals surface area contributed by atoms with E-state index in [1.807, 2.05) is 24.3 Å². The number of aromatic nitrogens is 2. The first-order valence-corrected chi connectivity index (χ1v) is 7.86. The molecule has 7 heteroatoms. The monoisotopic (exact) mass is 350 g/mol. The minimum Gasteiger partial charge on any atom is -0.298 e. The SMILES string of the molecule is C=CCN1C(=O)/C(=C/c2ccc(-c3cncnc3)cc2)C(=O)NC1=S. The minimum absolute atomic E-state index is 0.0336. The average Bonchev–Trinajstić information content (AvgIpc) is 2.63. The fraction of sp³-hybridized carbons (Fsp3) is 0.0556. The lowest BCUT2D eigenvalue weighted by atomic mass is 10.0. The molecule has 6 nitrogen and oxygen atoms in total. The number of nitrogens with one attached hydrogen (secondary N) is 1. The van der Waals surface area contributed by atoms with Gasteiger partial charge in [0, 0.05) is 24.5 Å². The number of hydrogen-bond acceptors (Lipinski definition) is 5. The van der Waals surface area contributed by atoms with E-state index in [2.05, 4.69) is 21.9 Å². The second-order valence-electron chi connectivity index (χ2n) is 5.27. The summed E-state index contributed by atoms with van der Waals surface area (Å²) in [6, 6.07) is 7.40. The molecule has 0 aliphatic carbocycles. The van der Waals surface area contributed by atoms with E-state index in [0.717, 1.165) is 16.7 Å². The maximum absolute atomic E-state index is 12.5. The number of rotatable bonds is 4. The molecule has 124 valence electrons. The smallest absolute Gasteiger partial charge is 0.265 e. The Kier molecular flexibility index (Phi) is 4.76. The molecule has 1 aromatic heterocycles. The number of nitrogens with zero attached hydrogens (tertiary/aromatic N) is 3. The van der Waals surface area contributed by atoms with Crippen LogP contribution in [-0.4, -0.2) is 38.3 Å². The molecule has 1 aliphatic heterocycles. The van der Waals surface area contributed by atoms with Crippen molar-refractivity contribution in [1.29, 1.82) is 0 Å². The van der Waals surface area contributed by atoms with Crippen LogP contribution in [0.15, 0.2) is 61.2 Å². The van der Waals surface area contributed by atoms with Gasteiger partial charge in [0.2, 0.25) is 0 Å². The first-order chi connectivity index (χ1) is 12.1. The van der Waals surface area contributed by atoms with Crippen LogP contribution in [-0.2, 0) is 9.59 Å². The summed E-state index contributed by atoms with van der Waals surface area (Å²) < 4.78 is 0. The van der Waals surface area contributed by atoms with E-state index >= 15 is 0 Å². The molecule has 1 aromatic carbocycles. The Balaban J connectivity index is 1.88. The van der Waals surface area contributed by atoms with Crippen molar-refractivity contribution in [3.63, 3.8) is 0 Å². The van der Waals surface area contributed by atoms with Gasteiger partial charge in [-0.25, -0.2) is 9.97 Å². The summed E-state index contributed by atoms with van der Waals surface area (Å²) in [5, 5.41) is 2.61. The molecule has 0 spiro atoms. The van der Waals surface area contributed by atoms with Crippen molar-refractivity contribution in [3.8, 4) is 11.1 Å². The Labute approximate surface area is 149 Å². The van der Waals surface area contributed by atoms with Crippen molar-refractivity contribution in [2.75, 3.05) is 6.54 Å². The van der Waals surface area contributed by atoms with Gasteiger partial charge in [-0.3, -0.25) is 19.8 Å². The standard InChI is InChI=1S/C18H14N4O2S/c1-2-7-22-17(24)15(16(23)21-18(22)25)8-12-3-5-13(6-4-12)14-9-19-11-20-10-14/h2-6,8-11H,1,7H2,(H,21,23,25)/b15-8+. The zero-order chi connectivity index (χ0) is 17.8. The molecule has 3 rings (SSSR count). The number of amides is 2. The van der Waals surface area contributed by atoms with Crippen LogP contribution in [0.1, 0.15) is 5.56 Å². The van der Waals surface area contributed by atoms with Gasteiger partial charge in [0.15, 0.2) is 5.11 Å². The number of benzene rings is 1. The molecule has 0 radical (unpaired) electrons. The molecule has 0 unspecified atom stereocenters. The molecule has 1 N–H and O–H groups in total. The van der Waals surface area contributed by atoms with Crippen molar-refractivity contribution >= 4 is 35.2 Å². The van der Waals surface area contributed by atoms with Gasteiger partial charge in [0.25, 0.3) is 11.8 Å². The van der Waals surface area contributed by atoms with Crippen LogP contribution >= 0.6 is 12.2 Å². The van der Waals surface area contributed by atoms with Crippen LogP contribution in [0.2, 0.25) is 0 Å². The Morgan fingerprint density at radius 1 is 1.12 bits per heavy atom. The Morgan fingerprint density at radius 3 is 2.44 bits per heavy atom. The lowest BCUT2D eigenvalue weighted by molar-refractivity contribution is -0.128. The predicted molar refractivity (Wildman–Crippen MR) is 98.1 cm³/mol. The lowest BCUT2D eigenvalue weighted by Crippen LogP contribution is -2.53. The number of thiocarbonyl (C=S) groups is 1. The molecule has 2 heterocycles. The number of carbonyl (C=O) groups is 2. The summed E-state index contributed by atoms with van der Waals surface area (Å²) in [4.78, 5) is 33.8.